The summed E-state index contributed by atoms with van der Waals surface area (Å²) in [7, 11) is -3.45. The van der Waals surface area contributed by atoms with Gasteiger partial charge in [-0.1, -0.05) is 6.07 Å². The first kappa shape index (κ1) is 12.8. The van der Waals surface area contributed by atoms with E-state index in [1.54, 1.807) is 22.6 Å². The molecule has 0 aromatic carbocycles. The number of aromatic amines is 1. The SMILES string of the molecule is Cc1[nH]ncc1S(=O)(=O)N(Cc1cccs1)C1CC1. The molecule has 2 aromatic heterocycles. The number of nitrogens with one attached hydrogen (secondary N) is 1. The van der Waals surface area contributed by atoms with Gasteiger partial charge in [0.2, 0.25) is 10.0 Å². The van der Waals surface area contributed by atoms with E-state index in [2.05, 4.69) is 10.2 Å². The number of hydrogen-bond acceptors (Lipinski definition) is 4. The lowest BCUT2D eigenvalue weighted by atomic mass is 10.4. The molecule has 19 heavy (non-hydrogen) atoms. The van der Waals surface area contributed by atoms with Crippen LogP contribution >= 0.6 is 11.3 Å². The number of sulfonamides is 1. The maximum atomic E-state index is 12.7. The third-order valence-corrected chi connectivity index (χ3v) is 6.09. The Morgan fingerprint density at radius 1 is 1.53 bits per heavy atom. The molecule has 0 spiro atoms. The van der Waals surface area contributed by atoms with E-state index in [9.17, 15) is 8.42 Å². The Morgan fingerprint density at radius 3 is 2.84 bits per heavy atom. The Hall–Kier alpha value is -1.18. The quantitative estimate of drug-likeness (QED) is 0.919. The van der Waals surface area contributed by atoms with Gasteiger partial charge in [-0.25, -0.2) is 8.42 Å². The van der Waals surface area contributed by atoms with Crippen LogP contribution in [0.15, 0.2) is 28.6 Å². The van der Waals surface area contributed by atoms with Gasteiger partial charge in [0, 0.05) is 17.5 Å². The first-order chi connectivity index (χ1) is 9.09. The fraction of sp³-hybridized carbons (Fsp3) is 0.417. The Morgan fingerprint density at radius 2 is 2.32 bits per heavy atom. The molecule has 3 rings (SSSR count). The van der Waals surface area contributed by atoms with Crippen LogP contribution < -0.4 is 0 Å². The smallest absolute Gasteiger partial charge is 0.247 e. The summed E-state index contributed by atoms with van der Waals surface area (Å²) in [5, 5.41) is 8.48. The number of H-pyrrole nitrogens is 1. The van der Waals surface area contributed by atoms with Crippen LogP contribution in [0.2, 0.25) is 0 Å². The van der Waals surface area contributed by atoms with E-state index in [4.69, 9.17) is 0 Å². The molecule has 0 bridgehead atoms. The largest absolute Gasteiger partial charge is 0.281 e. The van der Waals surface area contributed by atoms with Crippen molar-refractivity contribution >= 4 is 21.4 Å². The summed E-state index contributed by atoms with van der Waals surface area (Å²) in [6.45, 7) is 2.19. The third-order valence-electron chi connectivity index (χ3n) is 3.22. The summed E-state index contributed by atoms with van der Waals surface area (Å²) in [4.78, 5) is 1.35. The fourth-order valence-corrected chi connectivity index (χ4v) is 4.62. The van der Waals surface area contributed by atoms with Gasteiger partial charge in [-0.15, -0.1) is 11.3 Å². The van der Waals surface area contributed by atoms with Crippen molar-refractivity contribution in [2.75, 3.05) is 0 Å². The second-order valence-electron chi connectivity index (χ2n) is 4.72. The highest BCUT2D eigenvalue weighted by molar-refractivity contribution is 7.89. The van der Waals surface area contributed by atoms with Gasteiger partial charge in [-0.05, 0) is 31.2 Å². The van der Waals surface area contributed by atoms with Crippen LogP contribution in [0, 0.1) is 6.92 Å². The fourth-order valence-electron chi connectivity index (χ4n) is 2.06. The molecule has 102 valence electrons. The van der Waals surface area contributed by atoms with Crippen molar-refractivity contribution in [1.82, 2.24) is 14.5 Å². The number of nitrogens with zero attached hydrogens (tertiary/aromatic N) is 2. The maximum Gasteiger partial charge on any atom is 0.247 e. The first-order valence-corrected chi connectivity index (χ1v) is 8.45. The highest BCUT2D eigenvalue weighted by Gasteiger charge is 2.39. The van der Waals surface area contributed by atoms with Gasteiger partial charge in [0.15, 0.2) is 0 Å². The molecule has 0 unspecified atom stereocenters. The molecule has 1 saturated carbocycles. The minimum atomic E-state index is -3.45. The van der Waals surface area contributed by atoms with Crippen molar-refractivity contribution in [3.8, 4) is 0 Å². The molecule has 1 N–H and O–H groups in total. The molecule has 0 aliphatic heterocycles. The van der Waals surface area contributed by atoms with Crippen molar-refractivity contribution in [3.05, 3.63) is 34.3 Å². The number of aromatic nitrogens is 2. The van der Waals surface area contributed by atoms with Crippen molar-refractivity contribution in [3.63, 3.8) is 0 Å². The number of aryl methyl sites for hydroxylation is 1. The molecule has 0 radical (unpaired) electrons. The van der Waals surface area contributed by atoms with Gasteiger partial charge in [-0.2, -0.15) is 9.40 Å². The van der Waals surface area contributed by atoms with Crippen LogP contribution in [-0.4, -0.2) is 29.0 Å². The van der Waals surface area contributed by atoms with Crippen LogP contribution in [0.5, 0.6) is 0 Å². The molecule has 7 heteroatoms. The van der Waals surface area contributed by atoms with Crippen molar-refractivity contribution in [2.24, 2.45) is 0 Å². The average Bonchev–Trinajstić information content (AvgIpc) is 2.88. The molecular weight excluding hydrogens is 282 g/mol. The number of hydrogen-bond donors (Lipinski definition) is 1. The predicted octanol–water partition coefficient (Wildman–Crippen LogP) is 2.13. The Kier molecular flexibility index (Phi) is 3.20. The maximum absolute atomic E-state index is 12.7. The zero-order valence-electron chi connectivity index (χ0n) is 10.5. The minimum Gasteiger partial charge on any atom is -0.281 e. The summed E-state index contributed by atoms with van der Waals surface area (Å²) < 4.78 is 27.0. The third kappa shape index (κ3) is 2.45. The zero-order valence-corrected chi connectivity index (χ0v) is 12.2. The Labute approximate surface area is 116 Å². The van der Waals surface area contributed by atoms with Gasteiger partial charge in [-0.3, -0.25) is 5.10 Å². The lowest BCUT2D eigenvalue weighted by molar-refractivity contribution is 0.401. The van der Waals surface area contributed by atoms with Gasteiger partial charge in [0.05, 0.1) is 11.9 Å². The predicted molar refractivity (Wildman–Crippen MR) is 73.4 cm³/mol. The van der Waals surface area contributed by atoms with Crippen LogP contribution in [0.25, 0.3) is 0 Å². The van der Waals surface area contributed by atoms with E-state index in [1.807, 2.05) is 17.5 Å². The normalized spacial score (nSPS) is 16.1. The topological polar surface area (TPSA) is 66.1 Å². The lowest BCUT2D eigenvalue weighted by Gasteiger charge is -2.20. The second kappa shape index (κ2) is 4.73. The van der Waals surface area contributed by atoms with E-state index >= 15 is 0 Å². The molecule has 1 aliphatic rings. The number of rotatable bonds is 5. The van der Waals surface area contributed by atoms with Gasteiger partial charge in [0.1, 0.15) is 4.90 Å². The molecule has 1 aliphatic carbocycles. The van der Waals surface area contributed by atoms with E-state index in [0.717, 1.165) is 17.7 Å². The summed E-state index contributed by atoms with van der Waals surface area (Å²) in [5.74, 6) is 0. The molecular formula is C12H15N3O2S2. The molecule has 2 aromatic rings. The van der Waals surface area contributed by atoms with Gasteiger partial charge >= 0.3 is 0 Å². The highest BCUT2D eigenvalue weighted by Crippen LogP contribution is 2.34. The van der Waals surface area contributed by atoms with Crippen LogP contribution in [0.4, 0.5) is 0 Å². The zero-order chi connectivity index (χ0) is 13.5. The molecule has 0 amide bonds. The monoisotopic (exact) mass is 297 g/mol. The van der Waals surface area contributed by atoms with Crippen molar-refractivity contribution in [2.45, 2.75) is 37.2 Å². The van der Waals surface area contributed by atoms with Crippen molar-refractivity contribution in [1.29, 1.82) is 0 Å². The number of thiophene rings is 1. The van der Waals surface area contributed by atoms with Crippen LogP contribution in [0.1, 0.15) is 23.4 Å². The summed E-state index contributed by atoms with van der Waals surface area (Å²) in [6.07, 6.45) is 3.29. The Balaban J connectivity index is 1.94. The molecule has 1 fully saturated rings. The first-order valence-electron chi connectivity index (χ1n) is 6.13. The van der Waals surface area contributed by atoms with Crippen LogP contribution in [0.3, 0.4) is 0 Å². The lowest BCUT2D eigenvalue weighted by Crippen LogP contribution is -2.32. The van der Waals surface area contributed by atoms with Gasteiger partial charge < -0.3 is 0 Å². The second-order valence-corrected chi connectivity index (χ2v) is 7.61. The summed E-state index contributed by atoms with van der Waals surface area (Å²) >= 11 is 1.58. The molecule has 2 heterocycles. The van der Waals surface area contributed by atoms with E-state index in [-0.39, 0.29) is 10.9 Å². The van der Waals surface area contributed by atoms with Gasteiger partial charge in [0.25, 0.3) is 0 Å². The van der Waals surface area contributed by atoms with E-state index < -0.39 is 10.0 Å². The van der Waals surface area contributed by atoms with E-state index in [1.165, 1.54) is 6.20 Å². The minimum absolute atomic E-state index is 0.140. The summed E-state index contributed by atoms with van der Waals surface area (Å²) in [5.41, 5.74) is 0.594. The molecule has 0 saturated heterocycles. The molecule has 0 atom stereocenters. The van der Waals surface area contributed by atoms with Crippen LogP contribution in [-0.2, 0) is 16.6 Å². The average molecular weight is 297 g/mol. The highest BCUT2D eigenvalue weighted by atomic mass is 32.2. The summed E-state index contributed by atoms with van der Waals surface area (Å²) in [6, 6.07) is 4.06. The standard InChI is InChI=1S/C12H15N3O2S2/c1-9-12(7-13-14-9)19(16,17)15(10-4-5-10)8-11-3-2-6-18-11/h2-3,6-7,10H,4-5,8H2,1H3,(H,13,14). The molecule has 5 nitrogen and oxygen atoms in total. The Bertz CT molecular complexity index is 657. The van der Waals surface area contributed by atoms with E-state index in [0.29, 0.717) is 12.2 Å². The van der Waals surface area contributed by atoms with Crippen molar-refractivity contribution < 1.29 is 8.42 Å².